The first-order chi connectivity index (χ1) is 10.7. The third-order valence-electron chi connectivity index (χ3n) is 4.10. The lowest BCUT2D eigenvalue weighted by Gasteiger charge is -2.27. The van der Waals surface area contributed by atoms with Gasteiger partial charge in [-0.2, -0.15) is 0 Å². The summed E-state index contributed by atoms with van der Waals surface area (Å²) in [6.07, 6.45) is 5.50. The Kier molecular flexibility index (Phi) is 7.56. The summed E-state index contributed by atoms with van der Waals surface area (Å²) in [5.41, 5.74) is 0. The molecule has 2 N–H and O–H groups in total. The summed E-state index contributed by atoms with van der Waals surface area (Å²) in [6.45, 7) is 0.280. The van der Waals surface area contributed by atoms with E-state index in [1.165, 1.54) is 4.90 Å². The summed E-state index contributed by atoms with van der Waals surface area (Å²) in [5, 5.41) is 13.0. The number of hydrogen-bond acceptors (Lipinski definition) is 3. The Balaban J connectivity index is 1.57. The van der Waals surface area contributed by atoms with E-state index in [9.17, 15) is 4.79 Å². The fourth-order valence-electron chi connectivity index (χ4n) is 2.74. The van der Waals surface area contributed by atoms with E-state index in [0.29, 0.717) is 18.4 Å². The second kappa shape index (κ2) is 9.43. The molecule has 1 saturated carbocycles. The molecule has 22 heavy (non-hydrogen) atoms. The van der Waals surface area contributed by atoms with E-state index in [-0.39, 0.29) is 12.5 Å². The van der Waals surface area contributed by atoms with E-state index >= 15 is 0 Å². The molecular weight excluding hydrogens is 318 g/mol. The van der Waals surface area contributed by atoms with Crippen LogP contribution in [0, 0.1) is 5.92 Å². The number of carbonyl (C=O) groups excluding carboxylic acids is 1. The van der Waals surface area contributed by atoms with Gasteiger partial charge in [0.1, 0.15) is 0 Å². The van der Waals surface area contributed by atoms with Crippen molar-refractivity contribution in [3.8, 4) is 0 Å². The van der Waals surface area contributed by atoms with E-state index in [1.807, 2.05) is 24.3 Å². The molecule has 0 radical (unpaired) electrons. The SMILES string of the molecule is O=C(CCCSc1ccc(Cl)cc1)NC1CCC(CO)CC1. The minimum atomic E-state index is 0.157. The molecule has 0 aromatic heterocycles. The maximum atomic E-state index is 11.9. The maximum Gasteiger partial charge on any atom is 0.220 e. The number of hydrogen-bond donors (Lipinski definition) is 2. The zero-order chi connectivity index (χ0) is 15.8. The molecule has 0 heterocycles. The van der Waals surface area contributed by atoms with Crippen LogP contribution in [-0.4, -0.2) is 29.4 Å². The molecule has 0 atom stereocenters. The van der Waals surface area contributed by atoms with Crippen LogP contribution in [0.4, 0.5) is 0 Å². The average molecular weight is 342 g/mol. The van der Waals surface area contributed by atoms with Gasteiger partial charge in [0.15, 0.2) is 0 Å². The lowest BCUT2D eigenvalue weighted by atomic mass is 9.86. The average Bonchev–Trinajstić information content (AvgIpc) is 2.54. The molecule has 0 spiro atoms. The van der Waals surface area contributed by atoms with Crippen molar-refractivity contribution in [2.45, 2.75) is 49.5 Å². The minimum absolute atomic E-state index is 0.157. The van der Waals surface area contributed by atoms with Crippen LogP contribution < -0.4 is 5.32 Å². The van der Waals surface area contributed by atoms with Crippen LogP contribution in [0.1, 0.15) is 38.5 Å². The zero-order valence-electron chi connectivity index (χ0n) is 12.8. The number of thioether (sulfide) groups is 1. The lowest BCUT2D eigenvalue weighted by molar-refractivity contribution is -0.122. The molecule has 122 valence electrons. The number of rotatable bonds is 7. The highest BCUT2D eigenvalue weighted by atomic mass is 35.5. The zero-order valence-corrected chi connectivity index (χ0v) is 14.3. The highest BCUT2D eigenvalue weighted by Crippen LogP contribution is 2.24. The van der Waals surface area contributed by atoms with E-state index < -0.39 is 0 Å². The standard InChI is InChI=1S/C17H24ClNO2S/c18-14-5-9-16(10-6-14)22-11-1-2-17(21)19-15-7-3-13(12-20)4-8-15/h5-6,9-10,13,15,20H,1-4,7-8,11-12H2,(H,19,21). The smallest absolute Gasteiger partial charge is 0.220 e. The molecule has 0 bridgehead atoms. The highest BCUT2D eigenvalue weighted by Gasteiger charge is 2.21. The Morgan fingerprint density at radius 3 is 2.55 bits per heavy atom. The van der Waals surface area contributed by atoms with Crippen LogP contribution in [0.2, 0.25) is 5.02 Å². The molecule has 0 aliphatic heterocycles. The molecule has 1 aliphatic carbocycles. The topological polar surface area (TPSA) is 49.3 Å². The van der Waals surface area contributed by atoms with Gasteiger partial charge in [-0.05, 0) is 68.0 Å². The second-order valence-corrected chi connectivity index (χ2v) is 7.48. The summed E-state index contributed by atoms with van der Waals surface area (Å²) in [5.74, 6) is 1.53. The van der Waals surface area contributed by atoms with E-state index in [1.54, 1.807) is 11.8 Å². The van der Waals surface area contributed by atoms with Gasteiger partial charge >= 0.3 is 0 Å². The monoisotopic (exact) mass is 341 g/mol. The lowest BCUT2D eigenvalue weighted by Crippen LogP contribution is -2.38. The van der Waals surface area contributed by atoms with Crippen molar-refractivity contribution in [1.29, 1.82) is 0 Å². The van der Waals surface area contributed by atoms with Crippen LogP contribution in [0.25, 0.3) is 0 Å². The highest BCUT2D eigenvalue weighted by molar-refractivity contribution is 7.99. The molecule has 1 amide bonds. The third-order valence-corrected chi connectivity index (χ3v) is 5.45. The van der Waals surface area contributed by atoms with Crippen molar-refractivity contribution in [3.63, 3.8) is 0 Å². The van der Waals surface area contributed by atoms with Gasteiger partial charge < -0.3 is 10.4 Å². The van der Waals surface area contributed by atoms with Crippen molar-refractivity contribution in [2.75, 3.05) is 12.4 Å². The Hall–Kier alpha value is -0.710. The molecule has 3 nitrogen and oxygen atoms in total. The van der Waals surface area contributed by atoms with E-state index in [0.717, 1.165) is 42.9 Å². The number of nitrogens with one attached hydrogen (secondary N) is 1. The fraction of sp³-hybridized carbons (Fsp3) is 0.588. The fourth-order valence-corrected chi connectivity index (χ4v) is 3.72. The van der Waals surface area contributed by atoms with Gasteiger partial charge in [-0.25, -0.2) is 0 Å². The quantitative estimate of drug-likeness (QED) is 0.584. The van der Waals surface area contributed by atoms with Crippen LogP contribution in [0.15, 0.2) is 29.2 Å². The molecule has 1 fully saturated rings. The van der Waals surface area contributed by atoms with Gasteiger partial charge in [0.05, 0.1) is 0 Å². The van der Waals surface area contributed by atoms with Crippen molar-refractivity contribution in [3.05, 3.63) is 29.3 Å². The normalized spacial score (nSPS) is 21.5. The van der Waals surface area contributed by atoms with Crippen LogP contribution in [-0.2, 0) is 4.79 Å². The number of benzene rings is 1. The van der Waals surface area contributed by atoms with Crippen molar-refractivity contribution in [2.24, 2.45) is 5.92 Å². The van der Waals surface area contributed by atoms with E-state index in [2.05, 4.69) is 5.32 Å². The van der Waals surface area contributed by atoms with Crippen LogP contribution in [0.3, 0.4) is 0 Å². The second-order valence-electron chi connectivity index (χ2n) is 5.87. The van der Waals surface area contributed by atoms with Gasteiger partial charge in [-0.3, -0.25) is 4.79 Å². The summed E-state index contributed by atoms with van der Waals surface area (Å²) >= 11 is 7.60. The Morgan fingerprint density at radius 2 is 1.91 bits per heavy atom. The summed E-state index contributed by atoms with van der Waals surface area (Å²) in [4.78, 5) is 13.1. The molecule has 1 aromatic carbocycles. The Labute approximate surface area is 141 Å². The predicted octanol–water partition coefficient (Wildman–Crippen LogP) is 3.88. The Bertz CT molecular complexity index is 458. The molecule has 1 aromatic rings. The van der Waals surface area contributed by atoms with Gasteiger partial charge in [-0.1, -0.05) is 11.6 Å². The maximum absolute atomic E-state index is 11.9. The summed E-state index contributed by atoms with van der Waals surface area (Å²) in [7, 11) is 0. The summed E-state index contributed by atoms with van der Waals surface area (Å²) < 4.78 is 0. The number of carbonyl (C=O) groups is 1. The number of amides is 1. The Morgan fingerprint density at radius 1 is 1.23 bits per heavy atom. The van der Waals surface area contributed by atoms with Gasteiger partial charge in [0.25, 0.3) is 0 Å². The van der Waals surface area contributed by atoms with Crippen molar-refractivity contribution >= 4 is 29.3 Å². The molecule has 2 rings (SSSR count). The van der Waals surface area contributed by atoms with Crippen molar-refractivity contribution < 1.29 is 9.90 Å². The van der Waals surface area contributed by atoms with Gasteiger partial charge in [0, 0.05) is 29.0 Å². The first kappa shape index (κ1) is 17.6. The largest absolute Gasteiger partial charge is 0.396 e. The van der Waals surface area contributed by atoms with Gasteiger partial charge in [0.2, 0.25) is 5.91 Å². The van der Waals surface area contributed by atoms with Crippen molar-refractivity contribution in [1.82, 2.24) is 5.32 Å². The molecule has 0 saturated heterocycles. The number of halogens is 1. The van der Waals surface area contributed by atoms with Gasteiger partial charge in [-0.15, -0.1) is 11.8 Å². The predicted molar refractivity (Wildman–Crippen MR) is 92.4 cm³/mol. The molecular formula is C17H24ClNO2S. The first-order valence-electron chi connectivity index (χ1n) is 7.96. The number of aliphatic hydroxyl groups is 1. The third kappa shape index (κ3) is 6.19. The van der Waals surface area contributed by atoms with Crippen LogP contribution >= 0.6 is 23.4 Å². The summed E-state index contributed by atoms with van der Waals surface area (Å²) in [6, 6.07) is 8.09. The molecule has 1 aliphatic rings. The molecule has 0 unspecified atom stereocenters. The van der Waals surface area contributed by atoms with E-state index in [4.69, 9.17) is 16.7 Å². The first-order valence-corrected chi connectivity index (χ1v) is 9.32. The van der Waals surface area contributed by atoms with Crippen LogP contribution in [0.5, 0.6) is 0 Å². The minimum Gasteiger partial charge on any atom is -0.396 e. The molecule has 5 heteroatoms. The number of aliphatic hydroxyl groups excluding tert-OH is 1.